The van der Waals surface area contributed by atoms with E-state index in [0.29, 0.717) is 18.1 Å². The second-order valence-electron chi connectivity index (χ2n) is 5.04. The van der Waals surface area contributed by atoms with Crippen LogP contribution in [0.3, 0.4) is 0 Å². The number of carbonyl (C=O) groups excluding carboxylic acids is 1. The van der Waals surface area contributed by atoms with E-state index in [9.17, 15) is 4.79 Å². The molecule has 0 spiro atoms. The summed E-state index contributed by atoms with van der Waals surface area (Å²) < 4.78 is 0. The van der Waals surface area contributed by atoms with Crippen molar-refractivity contribution in [3.63, 3.8) is 0 Å². The number of nitrogen functional groups attached to an aromatic ring is 1. The van der Waals surface area contributed by atoms with Gasteiger partial charge in [0.25, 0.3) is 0 Å². The van der Waals surface area contributed by atoms with Crippen LogP contribution in [-0.2, 0) is 4.79 Å². The highest BCUT2D eigenvalue weighted by Gasteiger charge is 2.12. The summed E-state index contributed by atoms with van der Waals surface area (Å²) in [6.07, 6.45) is 4.42. The number of anilines is 2. The largest absolute Gasteiger partial charge is 0.396 e. The number of amides is 1. The molecule has 0 aliphatic carbocycles. The summed E-state index contributed by atoms with van der Waals surface area (Å²) in [7, 11) is 0. The number of hydrogen-bond donors (Lipinski definition) is 3. The summed E-state index contributed by atoms with van der Waals surface area (Å²) in [6, 6.07) is 1.89. The molecule has 1 rings (SSSR count). The molecule has 5 nitrogen and oxygen atoms in total. The van der Waals surface area contributed by atoms with Gasteiger partial charge in [-0.05, 0) is 37.8 Å². The van der Waals surface area contributed by atoms with Gasteiger partial charge in [0.2, 0.25) is 5.91 Å². The normalized spacial score (nSPS) is 10.6. The number of pyridine rings is 1. The first kappa shape index (κ1) is 16.3. The maximum absolute atomic E-state index is 11.8. The standard InChI is InChI=1S/C15H26N4O/c1-4-12(5-2)15(20)18-8-6-7-17-14-13(16)9-11(3)10-19-14/h9-10,12H,4-8,16H2,1-3H3,(H,17,19)(H,18,20). The van der Waals surface area contributed by atoms with Crippen LogP contribution >= 0.6 is 0 Å². The number of rotatable bonds is 8. The maximum atomic E-state index is 11.8. The summed E-state index contributed by atoms with van der Waals surface area (Å²) in [5.41, 5.74) is 7.57. The fraction of sp³-hybridized carbons (Fsp3) is 0.600. The van der Waals surface area contributed by atoms with E-state index in [4.69, 9.17) is 5.73 Å². The number of hydrogen-bond acceptors (Lipinski definition) is 4. The summed E-state index contributed by atoms with van der Waals surface area (Å²) >= 11 is 0. The minimum absolute atomic E-state index is 0.136. The van der Waals surface area contributed by atoms with E-state index in [2.05, 4.69) is 15.6 Å². The molecule has 5 heteroatoms. The van der Waals surface area contributed by atoms with Crippen molar-refractivity contribution in [1.29, 1.82) is 0 Å². The smallest absolute Gasteiger partial charge is 0.223 e. The Kier molecular flexibility index (Phi) is 6.84. The van der Waals surface area contributed by atoms with E-state index in [-0.39, 0.29) is 11.8 Å². The molecule has 0 atom stereocenters. The number of nitrogens with two attached hydrogens (primary N) is 1. The van der Waals surface area contributed by atoms with Crippen LogP contribution in [0.4, 0.5) is 11.5 Å². The zero-order valence-electron chi connectivity index (χ0n) is 12.7. The number of aryl methyl sites for hydroxylation is 1. The zero-order chi connectivity index (χ0) is 15.0. The van der Waals surface area contributed by atoms with Gasteiger partial charge in [0, 0.05) is 25.2 Å². The van der Waals surface area contributed by atoms with Crippen LogP contribution < -0.4 is 16.4 Å². The molecular weight excluding hydrogens is 252 g/mol. The van der Waals surface area contributed by atoms with E-state index in [1.54, 1.807) is 6.20 Å². The predicted molar refractivity (Wildman–Crippen MR) is 83.6 cm³/mol. The number of nitrogens with one attached hydrogen (secondary N) is 2. The number of carbonyl (C=O) groups is 1. The summed E-state index contributed by atoms with van der Waals surface area (Å²) in [5, 5.41) is 6.15. The highest BCUT2D eigenvalue weighted by Crippen LogP contribution is 2.15. The summed E-state index contributed by atoms with van der Waals surface area (Å²) in [6.45, 7) is 7.46. The Labute approximate surface area is 121 Å². The van der Waals surface area contributed by atoms with Crippen molar-refractivity contribution in [3.05, 3.63) is 17.8 Å². The van der Waals surface area contributed by atoms with Crippen LogP contribution in [0.25, 0.3) is 0 Å². The van der Waals surface area contributed by atoms with Crippen LogP contribution in [0.15, 0.2) is 12.3 Å². The molecule has 112 valence electrons. The third kappa shape index (κ3) is 5.07. The van der Waals surface area contributed by atoms with Crippen LogP contribution in [0, 0.1) is 12.8 Å². The fourth-order valence-electron chi connectivity index (χ4n) is 2.05. The topological polar surface area (TPSA) is 80.0 Å². The molecule has 0 fully saturated rings. The van der Waals surface area contributed by atoms with Gasteiger partial charge < -0.3 is 16.4 Å². The van der Waals surface area contributed by atoms with Gasteiger partial charge in [-0.3, -0.25) is 4.79 Å². The average molecular weight is 278 g/mol. The molecule has 0 unspecified atom stereocenters. The highest BCUT2D eigenvalue weighted by molar-refractivity contribution is 5.78. The highest BCUT2D eigenvalue weighted by atomic mass is 16.1. The van der Waals surface area contributed by atoms with E-state index in [1.165, 1.54) is 0 Å². The molecule has 1 heterocycles. The lowest BCUT2D eigenvalue weighted by Gasteiger charge is -2.13. The Hall–Kier alpha value is -1.78. The van der Waals surface area contributed by atoms with Crippen LogP contribution in [0.1, 0.15) is 38.7 Å². The van der Waals surface area contributed by atoms with Crippen molar-refractivity contribution in [3.8, 4) is 0 Å². The lowest BCUT2D eigenvalue weighted by atomic mass is 10.0. The zero-order valence-corrected chi connectivity index (χ0v) is 12.7. The monoisotopic (exact) mass is 278 g/mol. The SMILES string of the molecule is CCC(CC)C(=O)NCCCNc1ncc(C)cc1N. The Bertz CT molecular complexity index is 430. The van der Waals surface area contributed by atoms with Gasteiger partial charge in [-0.2, -0.15) is 0 Å². The Morgan fingerprint density at radius 1 is 1.35 bits per heavy atom. The van der Waals surface area contributed by atoms with Crippen molar-refractivity contribution >= 4 is 17.4 Å². The minimum atomic E-state index is 0.136. The van der Waals surface area contributed by atoms with Crippen LogP contribution in [0.5, 0.6) is 0 Å². The molecule has 4 N–H and O–H groups in total. The van der Waals surface area contributed by atoms with Gasteiger partial charge in [-0.1, -0.05) is 13.8 Å². The summed E-state index contributed by atoms with van der Waals surface area (Å²) in [4.78, 5) is 16.0. The van der Waals surface area contributed by atoms with Crippen molar-refractivity contribution in [2.75, 3.05) is 24.1 Å². The quantitative estimate of drug-likeness (QED) is 0.638. The van der Waals surface area contributed by atoms with Gasteiger partial charge in [0.1, 0.15) is 5.82 Å². The second kappa shape index (κ2) is 8.40. The molecule has 0 aliphatic heterocycles. The van der Waals surface area contributed by atoms with Gasteiger partial charge in [0.15, 0.2) is 0 Å². The Balaban J connectivity index is 2.23. The van der Waals surface area contributed by atoms with Crippen LogP contribution in [-0.4, -0.2) is 24.0 Å². The lowest BCUT2D eigenvalue weighted by Crippen LogP contribution is -2.31. The van der Waals surface area contributed by atoms with Gasteiger partial charge in [-0.25, -0.2) is 4.98 Å². The summed E-state index contributed by atoms with van der Waals surface area (Å²) in [5.74, 6) is 1.00. The van der Waals surface area contributed by atoms with Gasteiger partial charge >= 0.3 is 0 Å². The van der Waals surface area contributed by atoms with E-state index >= 15 is 0 Å². The number of aromatic nitrogens is 1. The first-order valence-electron chi connectivity index (χ1n) is 7.32. The van der Waals surface area contributed by atoms with Gasteiger partial charge in [-0.15, -0.1) is 0 Å². The first-order chi connectivity index (χ1) is 9.58. The predicted octanol–water partition coefficient (Wildman–Crippen LogP) is 2.33. The molecule has 0 aromatic carbocycles. The molecule has 0 saturated carbocycles. The average Bonchev–Trinajstić information content (AvgIpc) is 2.42. The van der Waals surface area contributed by atoms with Crippen molar-refractivity contribution in [2.45, 2.75) is 40.0 Å². The lowest BCUT2D eigenvalue weighted by molar-refractivity contribution is -0.125. The van der Waals surface area contributed by atoms with E-state index < -0.39 is 0 Å². The maximum Gasteiger partial charge on any atom is 0.223 e. The van der Waals surface area contributed by atoms with E-state index in [0.717, 1.165) is 31.4 Å². The van der Waals surface area contributed by atoms with Crippen molar-refractivity contribution < 1.29 is 4.79 Å². The fourth-order valence-corrected chi connectivity index (χ4v) is 2.05. The Morgan fingerprint density at radius 3 is 2.65 bits per heavy atom. The third-order valence-electron chi connectivity index (χ3n) is 3.36. The minimum Gasteiger partial charge on any atom is -0.396 e. The number of nitrogens with zero attached hydrogens (tertiary/aromatic N) is 1. The molecule has 20 heavy (non-hydrogen) atoms. The third-order valence-corrected chi connectivity index (χ3v) is 3.36. The van der Waals surface area contributed by atoms with E-state index in [1.807, 2.05) is 26.8 Å². The Morgan fingerprint density at radius 2 is 2.05 bits per heavy atom. The van der Waals surface area contributed by atoms with Crippen LogP contribution in [0.2, 0.25) is 0 Å². The van der Waals surface area contributed by atoms with Gasteiger partial charge in [0.05, 0.1) is 5.69 Å². The molecule has 1 aromatic heterocycles. The van der Waals surface area contributed by atoms with Crippen molar-refractivity contribution in [2.24, 2.45) is 5.92 Å². The molecule has 0 radical (unpaired) electrons. The molecule has 0 aliphatic rings. The molecule has 1 amide bonds. The second-order valence-corrected chi connectivity index (χ2v) is 5.04. The van der Waals surface area contributed by atoms with Crippen molar-refractivity contribution in [1.82, 2.24) is 10.3 Å². The molecular formula is C15H26N4O. The molecule has 0 bridgehead atoms. The molecule has 1 aromatic rings. The molecule has 0 saturated heterocycles. The first-order valence-corrected chi connectivity index (χ1v) is 7.32.